The van der Waals surface area contributed by atoms with Gasteiger partial charge in [-0.15, -0.1) is 0 Å². The normalized spacial score (nSPS) is 11.1. The molecule has 1 aromatic heterocycles. The zero-order valence-corrected chi connectivity index (χ0v) is 11.7. The Bertz CT molecular complexity index is 530. The Morgan fingerprint density at radius 2 is 2.17 bits per heavy atom. The zero-order valence-electron chi connectivity index (χ0n) is 11.7. The summed E-state index contributed by atoms with van der Waals surface area (Å²) in [6.45, 7) is 7.20. The van der Waals surface area contributed by atoms with E-state index in [9.17, 15) is 0 Å². The number of nitrogens with zero attached hydrogens (tertiary/aromatic N) is 3. The molecule has 0 radical (unpaired) electrons. The Hall–Kier alpha value is -1.55. The standard InChI is InChI=1S/C14H22N4/c1-5-15-8-9-17(3)12-6-7-14-13(10-12)16-11(2)18(14)4/h6-7,10,15H,5,8-9H2,1-4H3. The second-order valence-electron chi connectivity index (χ2n) is 4.67. The molecule has 0 aliphatic heterocycles. The second-order valence-corrected chi connectivity index (χ2v) is 4.67. The Kier molecular flexibility index (Phi) is 3.87. The maximum atomic E-state index is 4.57. The maximum absolute atomic E-state index is 4.57. The van der Waals surface area contributed by atoms with E-state index >= 15 is 0 Å². The van der Waals surface area contributed by atoms with Crippen LogP contribution < -0.4 is 10.2 Å². The summed E-state index contributed by atoms with van der Waals surface area (Å²) in [7, 11) is 4.17. The number of hydrogen-bond donors (Lipinski definition) is 1. The molecule has 4 nitrogen and oxygen atoms in total. The fourth-order valence-corrected chi connectivity index (χ4v) is 2.10. The molecule has 1 aromatic carbocycles. The van der Waals surface area contributed by atoms with Crippen molar-refractivity contribution in [2.45, 2.75) is 13.8 Å². The summed E-state index contributed by atoms with van der Waals surface area (Å²) in [5.41, 5.74) is 3.48. The van der Waals surface area contributed by atoms with Crippen LogP contribution in [-0.2, 0) is 7.05 Å². The molecule has 1 heterocycles. The Morgan fingerprint density at radius 1 is 1.39 bits per heavy atom. The van der Waals surface area contributed by atoms with E-state index in [1.54, 1.807) is 0 Å². The van der Waals surface area contributed by atoms with E-state index < -0.39 is 0 Å². The number of fused-ring (bicyclic) bond motifs is 1. The third-order valence-electron chi connectivity index (χ3n) is 3.40. The molecule has 0 fully saturated rings. The van der Waals surface area contributed by atoms with Gasteiger partial charge in [-0.2, -0.15) is 0 Å². The van der Waals surface area contributed by atoms with Gasteiger partial charge in [0.05, 0.1) is 11.0 Å². The largest absolute Gasteiger partial charge is 0.373 e. The molecule has 0 saturated heterocycles. The number of rotatable bonds is 5. The first-order valence-electron chi connectivity index (χ1n) is 6.48. The van der Waals surface area contributed by atoms with Gasteiger partial charge in [-0.25, -0.2) is 4.98 Å². The highest BCUT2D eigenvalue weighted by atomic mass is 15.1. The van der Waals surface area contributed by atoms with Crippen LogP contribution in [0.4, 0.5) is 5.69 Å². The van der Waals surface area contributed by atoms with E-state index in [0.717, 1.165) is 31.0 Å². The van der Waals surface area contributed by atoms with Gasteiger partial charge in [-0.05, 0) is 31.7 Å². The summed E-state index contributed by atoms with van der Waals surface area (Å²) < 4.78 is 2.12. The molecule has 1 N–H and O–H groups in total. The average molecular weight is 246 g/mol. The zero-order chi connectivity index (χ0) is 13.1. The monoisotopic (exact) mass is 246 g/mol. The first-order chi connectivity index (χ1) is 8.63. The molecule has 0 amide bonds. The predicted octanol–water partition coefficient (Wildman–Crippen LogP) is 1.93. The van der Waals surface area contributed by atoms with Crippen LogP contribution >= 0.6 is 0 Å². The van der Waals surface area contributed by atoms with Crippen LogP contribution in [0.25, 0.3) is 11.0 Å². The lowest BCUT2D eigenvalue weighted by molar-refractivity contribution is 0.706. The number of hydrogen-bond acceptors (Lipinski definition) is 3. The van der Waals surface area contributed by atoms with Gasteiger partial charge in [0.2, 0.25) is 0 Å². The van der Waals surface area contributed by atoms with Gasteiger partial charge in [0.25, 0.3) is 0 Å². The lowest BCUT2D eigenvalue weighted by Gasteiger charge is -2.19. The smallest absolute Gasteiger partial charge is 0.106 e. The minimum absolute atomic E-state index is 1.01. The molecule has 0 saturated carbocycles. The molecule has 0 unspecified atom stereocenters. The van der Waals surface area contributed by atoms with Gasteiger partial charge in [-0.3, -0.25) is 0 Å². The van der Waals surface area contributed by atoms with Gasteiger partial charge in [-0.1, -0.05) is 6.92 Å². The number of nitrogens with one attached hydrogen (secondary N) is 1. The van der Waals surface area contributed by atoms with Gasteiger partial charge in [0.15, 0.2) is 0 Å². The Morgan fingerprint density at radius 3 is 2.89 bits per heavy atom. The van der Waals surface area contributed by atoms with Gasteiger partial charge in [0.1, 0.15) is 5.82 Å². The molecule has 0 atom stereocenters. The molecule has 2 rings (SSSR count). The summed E-state index contributed by atoms with van der Waals surface area (Å²) in [4.78, 5) is 6.83. The van der Waals surface area contributed by atoms with Crippen LogP contribution in [0.5, 0.6) is 0 Å². The number of aromatic nitrogens is 2. The lowest BCUT2D eigenvalue weighted by atomic mass is 10.2. The lowest BCUT2D eigenvalue weighted by Crippen LogP contribution is -2.28. The van der Waals surface area contributed by atoms with Crippen molar-refractivity contribution in [2.24, 2.45) is 7.05 Å². The molecule has 0 spiro atoms. The van der Waals surface area contributed by atoms with E-state index in [4.69, 9.17) is 0 Å². The first kappa shape index (κ1) is 12.9. The van der Waals surface area contributed by atoms with Crippen LogP contribution in [0, 0.1) is 6.92 Å². The number of likely N-dealkylation sites (N-methyl/N-ethyl adjacent to an activating group) is 2. The highest BCUT2D eigenvalue weighted by molar-refractivity contribution is 5.80. The van der Waals surface area contributed by atoms with Crippen molar-refractivity contribution in [3.63, 3.8) is 0 Å². The van der Waals surface area contributed by atoms with E-state index in [0.29, 0.717) is 0 Å². The minimum atomic E-state index is 1.01. The van der Waals surface area contributed by atoms with Crippen LogP contribution in [0.2, 0.25) is 0 Å². The van der Waals surface area contributed by atoms with Crippen LogP contribution in [0.15, 0.2) is 18.2 Å². The highest BCUT2D eigenvalue weighted by Crippen LogP contribution is 2.21. The van der Waals surface area contributed by atoms with Crippen molar-refractivity contribution < 1.29 is 0 Å². The molecule has 0 bridgehead atoms. The molecule has 2 aromatic rings. The summed E-state index contributed by atoms with van der Waals surface area (Å²) >= 11 is 0. The van der Waals surface area contributed by atoms with Crippen molar-refractivity contribution in [3.05, 3.63) is 24.0 Å². The fraction of sp³-hybridized carbons (Fsp3) is 0.500. The number of benzene rings is 1. The van der Waals surface area contributed by atoms with Crippen LogP contribution in [-0.4, -0.2) is 36.2 Å². The molecule has 0 aliphatic rings. The molecular formula is C14H22N4. The van der Waals surface area contributed by atoms with Crippen molar-refractivity contribution in [3.8, 4) is 0 Å². The van der Waals surface area contributed by atoms with E-state index in [1.807, 2.05) is 6.92 Å². The van der Waals surface area contributed by atoms with E-state index in [-0.39, 0.29) is 0 Å². The molecule has 98 valence electrons. The highest BCUT2D eigenvalue weighted by Gasteiger charge is 2.06. The fourth-order valence-electron chi connectivity index (χ4n) is 2.10. The Labute approximate surface area is 109 Å². The van der Waals surface area contributed by atoms with Gasteiger partial charge < -0.3 is 14.8 Å². The summed E-state index contributed by atoms with van der Waals surface area (Å²) in [5, 5.41) is 3.34. The van der Waals surface area contributed by atoms with Gasteiger partial charge >= 0.3 is 0 Å². The number of imidazole rings is 1. The van der Waals surface area contributed by atoms with E-state index in [2.05, 4.69) is 59.0 Å². The van der Waals surface area contributed by atoms with Crippen LogP contribution in [0.3, 0.4) is 0 Å². The SMILES string of the molecule is CCNCCN(C)c1ccc2c(c1)nc(C)n2C. The number of anilines is 1. The quantitative estimate of drug-likeness (QED) is 0.818. The molecular weight excluding hydrogens is 224 g/mol. The molecule has 18 heavy (non-hydrogen) atoms. The Balaban J connectivity index is 2.19. The van der Waals surface area contributed by atoms with Crippen molar-refractivity contribution in [1.29, 1.82) is 0 Å². The molecule has 4 heteroatoms. The van der Waals surface area contributed by atoms with Crippen LogP contribution in [0.1, 0.15) is 12.7 Å². The first-order valence-corrected chi connectivity index (χ1v) is 6.48. The van der Waals surface area contributed by atoms with Crippen molar-refractivity contribution in [1.82, 2.24) is 14.9 Å². The summed E-state index contributed by atoms with van der Waals surface area (Å²) in [5.74, 6) is 1.05. The topological polar surface area (TPSA) is 33.1 Å². The maximum Gasteiger partial charge on any atom is 0.106 e. The minimum Gasteiger partial charge on any atom is -0.373 e. The summed E-state index contributed by atoms with van der Waals surface area (Å²) in [6.07, 6.45) is 0. The number of aryl methyl sites for hydroxylation is 2. The van der Waals surface area contributed by atoms with Gasteiger partial charge in [0, 0.05) is 32.9 Å². The van der Waals surface area contributed by atoms with Crippen molar-refractivity contribution in [2.75, 3.05) is 31.6 Å². The summed E-state index contributed by atoms with van der Waals surface area (Å²) in [6, 6.07) is 6.47. The predicted molar refractivity (Wildman–Crippen MR) is 77.3 cm³/mol. The van der Waals surface area contributed by atoms with Crippen molar-refractivity contribution >= 4 is 16.7 Å². The average Bonchev–Trinajstić information content (AvgIpc) is 2.65. The third-order valence-corrected chi connectivity index (χ3v) is 3.40. The molecule has 0 aliphatic carbocycles. The third kappa shape index (κ3) is 2.48. The van der Waals surface area contributed by atoms with E-state index in [1.165, 1.54) is 11.2 Å². The second kappa shape index (κ2) is 5.40.